The van der Waals surface area contributed by atoms with Crippen molar-refractivity contribution in [1.82, 2.24) is 15.1 Å². The average molecular weight is 360 g/mol. The van der Waals surface area contributed by atoms with Crippen LogP contribution in [-0.2, 0) is 4.43 Å². The minimum absolute atomic E-state index is 0.114. The number of hydrogen-bond acceptors (Lipinski definition) is 4. The van der Waals surface area contributed by atoms with Gasteiger partial charge in [-0.15, -0.1) is 0 Å². The maximum absolute atomic E-state index is 6.32. The zero-order chi connectivity index (χ0) is 18.3. The van der Waals surface area contributed by atoms with E-state index in [-0.39, 0.29) is 5.60 Å². The van der Waals surface area contributed by atoms with Crippen LogP contribution < -0.4 is 5.32 Å². The first-order valence-electron chi connectivity index (χ1n) is 10.3. The van der Waals surface area contributed by atoms with Crippen LogP contribution in [0.3, 0.4) is 0 Å². The van der Waals surface area contributed by atoms with E-state index in [2.05, 4.69) is 56.8 Å². The smallest absolute Gasteiger partial charge is 0.176 e. The third kappa shape index (κ3) is 12.4. The van der Waals surface area contributed by atoms with Gasteiger partial charge in [-0.1, -0.05) is 27.7 Å². The molecule has 4 nitrogen and oxygen atoms in total. The van der Waals surface area contributed by atoms with Crippen LogP contribution >= 0.6 is 0 Å². The molecule has 0 aliphatic heterocycles. The minimum Gasteiger partial charge on any atom is -0.418 e. The molecule has 0 aromatic carbocycles. The third-order valence-corrected chi connectivity index (χ3v) is 6.88. The standard InChI is InChI=1S/C19H45N3OSi/c1-7-13-20-14-11-16-22(17-12-15-21(6)10-4)18-24-23-19(5,8-2)9-3/h20H,7-18,24H2,1-6H3. The lowest BCUT2D eigenvalue weighted by Crippen LogP contribution is -2.37. The van der Waals surface area contributed by atoms with Crippen molar-refractivity contribution in [3.8, 4) is 0 Å². The molecule has 0 saturated heterocycles. The number of rotatable bonds is 17. The molecule has 0 atom stereocenters. The maximum atomic E-state index is 6.32. The molecule has 0 saturated carbocycles. The zero-order valence-corrected chi connectivity index (χ0v) is 18.9. The number of nitrogens with one attached hydrogen (secondary N) is 1. The lowest BCUT2D eigenvalue weighted by molar-refractivity contribution is 0.0814. The molecular weight excluding hydrogens is 314 g/mol. The van der Waals surface area contributed by atoms with E-state index >= 15 is 0 Å². The van der Waals surface area contributed by atoms with Crippen LogP contribution in [0.1, 0.15) is 66.7 Å². The van der Waals surface area contributed by atoms with Gasteiger partial charge in [-0.2, -0.15) is 0 Å². The van der Waals surface area contributed by atoms with Crippen LogP contribution in [0.5, 0.6) is 0 Å². The Bertz CT molecular complexity index is 275. The van der Waals surface area contributed by atoms with Crippen molar-refractivity contribution in [2.24, 2.45) is 0 Å². The van der Waals surface area contributed by atoms with Gasteiger partial charge in [0.2, 0.25) is 0 Å². The van der Waals surface area contributed by atoms with Gasteiger partial charge in [-0.3, -0.25) is 0 Å². The molecule has 0 amide bonds. The summed E-state index contributed by atoms with van der Waals surface area (Å²) < 4.78 is 6.32. The molecule has 0 aliphatic carbocycles. The van der Waals surface area contributed by atoms with Crippen LogP contribution in [0, 0.1) is 0 Å². The normalized spacial score (nSPS) is 13.0. The van der Waals surface area contributed by atoms with Crippen molar-refractivity contribution in [3.05, 3.63) is 0 Å². The highest BCUT2D eigenvalue weighted by atomic mass is 28.2. The first-order valence-corrected chi connectivity index (χ1v) is 11.8. The molecule has 0 aromatic rings. The largest absolute Gasteiger partial charge is 0.418 e. The van der Waals surface area contributed by atoms with Crippen molar-refractivity contribution >= 4 is 9.76 Å². The monoisotopic (exact) mass is 359 g/mol. The van der Waals surface area contributed by atoms with Gasteiger partial charge in [0.05, 0.1) is 5.60 Å². The van der Waals surface area contributed by atoms with Crippen molar-refractivity contribution in [2.45, 2.75) is 72.3 Å². The lowest BCUT2D eigenvalue weighted by atomic mass is 10.0. The van der Waals surface area contributed by atoms with E-state index in [4.69, 9.17) is 4.43 Å². The molecule has 0 aliphatic rings. The second kappa shape index (κ2) is 15.3. The molecule has 1 N–H and O–H groups in total. The van der Waals surface area contributed by atoms with Crippen LogP contribution in [0.4, 0.5) is 0 Å². The van der Waals surface area contributed by atoms with Gasteiger partial charge in [-0.25, -0.2) is 0 Å². The quantitative estimate of drug-likeness (QED) is 0.319. The summed E-state index contributed by atoms with van der Waals surface area (Å²) in [4.78, 5) is 5.05. The van der Waals surface area contributed by atoms with E-state index in [0.29, 0.717) is 0 Å². The summed E-state index contributed by atoms with van der Waals surface area (Å²) >= 11 is 0. The number of hydrogen-bond donors (Lipinski definition) is 1. The van der Waals surface area contributed by atoms with Crippen molar-refractivity contribution in [2.75, 3.05) is 52.5 Å². The molecule has 24 heavy (non-hydrogen) atoms. The lowest BCUT2D eigenvalue weighted by Gasteiger charge is -2.30. The second-order valence-corrected chi connectivity index (χ2v) is 8.34. The predicted octanol–water partition coefficient (Wildman–Crippen LogP) is 2.66. The summed E-state index contributed by atoms with van der Waals surface area (Å²) in [7, 11) is 1.75. The van der Waals surface area contributed by atoms with Gasteiger partial charge >= 0.3 is 0 Å². The number of nitrogens with zero attached hydrogens (tertiary/aromatic N) is 2. The molecule has 146 valence electrons. The molecule has 0 spiro atoms. The van der Waals surface area contributed by atoms with Gasteiger partial charge in [0.15, 0.2) is 9.76 Å². The summed E-state index contributed by atoms with van der Waals surface area (Å²) in [5.41, 5.74) is 0.114. The Hall–Kier alpha value is 0.0569. The summed E-state index contributed by atoms with van der Waals surface area (Å²) in [5, 5.41) is 3.52. The highest BCUT2D eigenvalue weighted by Crippen LogP contribution is 2.18. The summed E-state index contributed by atoms with van der Waals surface area (Å²) in [6.45, 7) is 18.3. The van der Waals surface area contributed by atoms with Gasteiger partial charge in [0.1, 0.15) is 0 Å². The molecule has 0 unspecified atom stereocenters. The van der Waals surface area contributed by atoms with E-state index in [9.17, 15) is 0 Å². The Morgan fingerprint density at radius 1 is 0.958 bits per heavy atom. The van der Waals surface area contributed by atoms with Gasteiger partial charge < -0.3 is 19.5 Å². The second-order valence-electron chi connectivity index (χ2n) is 7.20. The maximum Gasteiger partial charge on any atom is 0.176 e. The van der Waals surface area contributed by atoms with E-state index in [0.717, 1.165) is 32.5 Å². The highest BCUT2D eigenvalue weighted by molar-refractivity contribution is 6.27. The Balaban J connectivity index is 4.14. The molecule has 0 rings (SSSR count). The Morgan fingerprint density at radius 3 is 2.21 bits per heavy atom. The fourth-order valence-electron chi connectivity index (χ4n) is 2.66. The van der Waals surface area contributed by atoms with E-state index in [1.165, 1.54) is 45.1 Å². The summed E-state index contributed by atoms with van der Waals surface area (Å²) in [5.74, 6) is 0. The minimum atomic E-state index is -0.467. The Labute approximate surface area is 154 Å². The third-order valence-electron chi connectivity index (χ3n) is 5.16. The zero-order valence-electron chi connectivity index (χ0n) is 17.5. The van der Waals surface area contributed by atoms with Crippen molar-refractivity contribution in [1.29, 1.82) is 0 Å². The topological polar surface area (TPSA) is 27.7 Å². The van der Waals surface area contributed by atoms with Gasteiger partial charge in [-0.05, 0) is 85.3 Å². The van der Waals surface area contributed by atoms with Crippen LogP contribution in [-0.4, -0.2) is 77.6 Å². The van der Waals surface area contributed by atoms with Crippen LogP contribution in [0.2, 0.25) is 0 Å². The molecule has 5 heteroatoms. The molecular formula is C19H45N3OSi. The summed E-state index contributed by atoms with van der Waals surface area (Å²) in [6, 6.07) is 0. The molecule has 0 radical (unpaired) electrons. The fraction of sp³-hybridized carbons (Fsp3) is 1.00. The fourth-order valence-corrected chi connectivity index (χ4v) is 4.36. The predicted molar refractivity (Wildman–Crippen MR) is 111 cm³/mol. The van der Waals surface area contributed by atoms with Gasteiger partial charge in [0.25, 0.3) is 0 Å². The summed E-state index contributed by atoms with van der Waals surface area (Å²) in [6.07, 6.45) is 7.17. The Morgan fingerprint density at radius 2 is 1.62 bits per heavy atom. The van der Waals surface area contributed by atoms with Crippen LogP contribution in [0.25, 0.3) is 0 Å². The Kier molecular flexibility index (Phi) is 15.4. The molecule has 0 fully saturated rings. The molecule has 0 aromatic heterocycles. The van der Waals surface area contributed by atoms with E-state index < -0.39 is 9.76 Å². The molecule has 0 heterocycles. The highest BCUT2D eigenvalue weighted by Gasteiger charge is 2.19. The molecule has 0 bridgehead atoms. The van der Waals surface area contributed by atoms with Crippen LogP contribution in [0.15, 0.2) is 0 Å². The van der Waals surface area contributed by atoms with Gasteiger partial charge in [0, 0.05) is 6.17 Å². The van der Waals surface area contributed by atoms with E-state index in [1.54, 1.807) is 0 Å². The first kappa shape index (κ1) is 24.1. The SMILES string of the molecule is CCCNCCCN(CCCN(C)CC)C[SiH2]OC(C)(CC)CC. The van der Waals surface area contributed by atoms with E-state index in [1.807, 2.05) is 0 Å². The first-order chi connectivity index (χ1) is 11.5. The average Bonchev–Trinajstić information content (AvgIpc) is 2.60. The van der Waals surface area contributed by atoms with Crippen molar-refractivity contribution < 1.29 is 4.43 Å². The van der Waals surface area contributed by atoms with Crippen molar-refractivity contribution in [3.63, 3.8) is 0 Å².